The van der Waals surface area contributed by atoms with E-state index in [9.17, 15) is 16.8 Å². The molecule has 0 fully saturated rings. The van der Waals surface area contributed by atoms with Crippen LogP contribution in [0, 0.1) is 0 Å². The lowest BCUT2D eigenvalue weighted by molar-refractivity contribution is 0.233. The molecule has 0 aromatic rings. The molecule has 0 saturated heterocycles. The molecule has 0 aliphatic carbocycles. The van der Waals surface area contributed by atoms with Crippen LogP contribution in [-0.2, 0) is 40.4 Å². The zero-order valence-electron chi connectivity index (χ0n) is 24.1. The van der Waals surface area contributed by atoms with Gasteiger partial charge in [0.25, 0.3) is 0 Å². The summed E-state index contributed by atoms with van der Waals surface area (Å²) in [6.45, 7) is 4.17. The van der Waals surface area contributed by atoms with Gasteiger partial charge in [-0.05, 0) is 12.8 Å². The molecule has 6 nitrogen and oxygen atoms in total. The summed E-state index contributed by atoms with van der Waals surface area (Å²) in [5.41, 5.74) is 0. The largest absolute Gasteiger partial charge is 0.399 e. The first-order valence-electron chi connectivity index (χ1n) is 15.1. The second-order valence-electron chi connectivity index (χ2n) is 10.1. The Morgan fingerprint density at radius 3 is 1.00 bits per heavy atom. The number of hydrogen-bond donors (Lipinski definition) is 0. The normalized spacial score (nSPS) is 13.7. The monoisotopic (exact) mass is 586 g/mol. The summed E-state index contributed by atoms with van der Waals surface area (Å²) < 4.78 is 57.4. The van der Waals surface area contributed by atoms with Gasteiger partial charge in [0, 0.05) is 44.6 Å². The zero-order chi connectivity index (χ0) is 27.5. The summed E-state index contributed by atoms with van der Waals surface area (Å²) in [6.07, 6.45) is 24.5. The molecule has 0 bridgehead atoms. The first-order chi connectivity index (χ1) is 17.9. The Morgan fingerprint density at radius 1 is 0.432 bits per heavy atom. The van der Waals surface area contributed by atoms with Crippen molar-refractivity contribution in [2.24, 2.45) is 0 Å². The second-order valence-corrected chi connectivity index (χ2v) is 14.8. The van der Waals surface area contributed by atoms with E-state index in [0.717, 1.165) is 25.7 Å². The highest BCUT2D eigenvalue weighted by Crippen LogP contribution is 2.12. The molecule has 0 spiro atoms. The van der Waals surface area contributed by atoms with Gasteiger partial charge >= 0.3 is 10.4 Å². The lowest BCUT2D eigenvalue weighted by Crippen LogP contribution is -2.18. The van der Waals surface area contributed by atoms with E-state index >= 15 is 0 Å². The maximum absolute atomic E-state index is 12.1. The smallest absolute Gasteiger partial charge is 0.259 e. The molecule has 0 aromatic heterocycles. The Bertz CT molecular complexity index is 592. The van der Waals surface area contributed by atoms with Crippen LogP contribution in [0.15, 0.2) is 0 Å². The number of rotatable bonds is 30. The molecule has 0 heterocycles. The highest BCUT2D eigenvalue weighted by Gasteiger charge is 2.13. The van der Waals surface area contributed by atoms with E-state index in [1.807, 2.05) is 0 Å². The first-order valence-corrected chi connectivity index (χ1v) is 19.5. The van der Waals surface area contributed by atoms with Crippen LogP contribution in [0.3, 0.4) is 0 Å². The molecule has 2 atom stereocenters. The highest BCUT2D eigenvalue weighted by atomic mass is 32.3. The minimum absolute atomic E-state index is 0.144. The molecule has 0 aliphatic rings. The van der Waals surface area contributed by atoms with Crippen molar-refractivity contribution in [3.05, 3.63) is 0 Å². The summed E-state index contributed by atoms with van der Waals surface area (Å²) in [7, 11) is -6.30. The van der Waals surface area contributed by atoms with Crippen LogP contribution in [0.2, 0.25) is 0 Å². The third-order valence-corrected chi connectivity index (χ3v) is 10.2. The molecule has 9 heteroatoms. The summed E-state index contributed by atoms with van der Waals surface area (Å²) in [4.78, 5) is 0. The van der Waals surface area contributed by atoms with E-state index in [1.165, 1.54) is 103 Å². The van der Waals surface area contributed by atoms with Gasteiger partial charge in [-0.3, -0.25) is 8.42 Å². The first kappa shape index (κ1) is 37.2. The Kier molecular flexibility index (Phi) is 27.9. The fourth-order valence-corrected chi connectivity index (χ4v) is 7.05. The summed E-state index contributed by atoms with van der Waals surface area (Å²) in [6, 6.07) is 0. The van der Waals surface area contributed by atoms with Crippen molar-refractivity contribution in [2.75, 3.05) is 36.2 Å². The van der Waals surface area contributed by atoms with Crippen LogP contribution in [0.1, 0.15) is 142 Å². The van der Waals surface area contributed by atoms with Crippen LogP contribution in [0.5, 0.6) is 0 Å². The zero-order valence-corrected chi connectivity index (χ0v) is 26.5. The van der Waals surface area contributed by atoms with Crippen LogP contribution < -0.4 is 0 Å². The predicted molar refractivity (Wildman–Crippen MR) is 160 cm³/mol. The quantitative estimate of drug-likeness (QED) is 0.0805. The van der Waals surface area contributed by atoms with E-state index in [1.54, 1.807) is 0 Å². The van der Waals surface area contributed by atoms with Crippen molar-refractivity contribution in [3.8, 4) is 0 Å². The van der Waals surface area contributed by atoms with E-state index in [2.05, 4.69) is 13.8 Å². The minimum atomic E-state index is -4.13. The average molecular weight is 587 g/mol. The molecule has 0 amide bonds. The van der Waals surface area contributed by atoms with Crippen molar-refractivity contribution in [1.82, 2.24) is 0 Å². The Morgan fingerprint density at radius 2 is 0.703 bits per heavy atom. The minimum Gasteiger partial charge on any atom is -0.259 e. The SMILES string of the molecule is CCCCCCCCCCCCS(=O)CCOS(=O)(=O)OCCS(=O)CCCCCCCCCCCC. The van der Waals surface area contributed by atoms with Gasteiger partial charge in [0.2, 0.25) is 0 Å². The molecule has 0 rings (SSSR count). The fraction of sp³-hybridized carbons (Fsp3) is 1.00. The maximum atomic E-state index is 12.1. The van der Waals surface area contributed by atoms with E-state index in [-0.39, 0.29) is 24.7 Å². The third kappa shape index (κ3) is 29.0. The topological polar surface area (TPSA) is 86.7 Å². The Labute approximate surface area is 235 Å². The summed E-state index contributed by atoms with van der Waals surface area (Å²) >= 11 is 0. The molecule has 37 heavy (non-hydrogen) atoms. The van der Waals surface area contributed by atoms with Gasteiger partial charge in [0.05, 0.1) is 13.2 Å². The van der Waals surface area contributed by atoms with Gasteiger partial charge in [-0.2, -0.15) is 8.42 Å². The van der Waals surface area contributed by atoms with Gasteiger partial charge in [-0.1, -0.05) is 129 Å². The van der Waals surface area contributed by atoms with E-state index < -0.39 is 32.0 Å². The van der Waals surface area contributed by atoms with Crippen molar-refractivity contribution >= 4 is 32.0 Å². The van der Waals surface area contributed by atoms with Gasteiger partial charge < -0.3 is 0 Å². The molecular weight excluding hydrogens is 529 g/mol. The summed E-state index contributed by atoms with van der Waals surface area (Å²) in [5.74, 6) is 1.53. The lowest BCUT2D eigenvalue weighted by Gasteiger charge is -2.07. The molecule has 224 valence electrons. The van der Waals surface area contributed by atoms with Crippen LogP contribution in [0.25, 0.3) is 0 Å². The molecule has 0 aliphatic heterocycles. The lowest BCUT2D eigenvalue weighted by atomic mass is 10.1. The van der Waals surface area contributed by atoms with Crippen molar-refractivity contribution in [3.63, 3.8) is 0 Å². The molecule has 0 radical (unpaired) electrons. The maximum Gasteiger partial charge on any atom is 0.399 e. The van der Waals surface area contributed by atoms with Crippen LogP contribution in [-0.4, -0.2) is 53.1 Å². The Balaban J connectivity index is 3.57. The molecular formula is C28H58O6S3. The summed E-state index contributed by atoms with van der Waals surface area (Å²) in [5, 5.41) is 0. The molecule has 0 saturated carbocycles. The van der Waals surface area contributed by atoms with Crippen LogP contribution in [0.4, 0.5) is 0 Å². The third-order valence-electron chi connectivity index (χ3n) is 6.53. The fourth-order valence-electron chi connectivity index (χ4n) is 4.20. The van der Waals surface area contributed by atoms with Gasteiger partial charge in [-0.25, -0.2) is 8.37 Å². The van der Waals surface area contributed by atoms with Crippen molar-refractivity contribution in [2.45, 2.75) is 142 Å². The van der Waals surface area contributed by atoms with Gasteiger partial charge in [-0.15, -0.1) is 0 Å². The van der Waals surface area contributed by atoms with Crippen molar-refractivity contribution in [1.29, 1.82) is 0 Å². The average Bonchev–Trinajstić information content (AvgIpc) is 2.86. The number of hydrogen-bond acceptors (Lipinski definition) is 6. The number of unbranched alkanes of at least 4 members (excludes halogenated alkanes) is 18. The molecule has 0 aromatic carbocycles. The second kappa shape index (κ2) is 27.7. The molecule has 2 unspecified atom stereocenters. The molecule has 0 N–H and O–H groups in total. The van der Waals surface area contributed by atoms with Crippen molar-refractivity contribution < 1.29 is 25.2 Å². The predicted octanol–water partition coefficient (Wildman–Crippen LogP) is 7.60. The van der Waals surface area contributed by atoms with Crippen LogP contribution >= 0.6 is 0 Å². The standard InChI is InChI=1S/C28H58O6S3/c1-3-5-7-9-11-13-15-17-19-21-25-35(29)27-23-33-37(31,32)34-24-28-36(30)26-22-20-18-16-14-12-10-8-6-4-2/h3-28H2,1-2H3. The van der Waals surface area contributed by atoms with Gasteiger partial charge in [0.15, 0.2) is 0 Å². The van der Waals surface area contributed by atoms with E-state index in [4.69, 9.17) is 8.37 Å². The Hall–Kier alpha value is 0.170. The van der Waals surface area contributed by atoms with E-state index in [0.29, 0.717) is 11.5 Å². The highest BCUT2D eigenvalue weighted by molar-refractivity contribution is 7.85. The van der Waals surface area contributed by atoms with Gasteiger partial charge in [0.1, 0.15) is 0 Å².